The SMILES string of the molecule is CCC1[CH-]CCCC1.[Li+]. The molecule has 0 saturated heterocycles. The topological polar surface area (TPSA) is 0 Å². The van der Waals surface area contributed by atoms with Gasteiger partial charge in [-0.05, 0) is 0 Å². The van der Waals surface area contributed by atoms with E-state index in [1.807, 2.05) is 0 Å². The molecule has 1 rings (SSSR count). The maximum absolute atomic E-state index is 2.49. The fraction of sp³-hybridized carbons (Fsp3) is 0.875. The minimum atomic E-state index is 0. The third-order valence-electron chi connectivity index (χ3n) is 2.05. The normalized spacial score (nSPS) is 27.0. The van der Waals surface area contributed by atoms with Crippen molar-refractivity contribution in [3.05, 3.63) is 6.42 Å². The molecule has 0 bridgehead atoms. The van der Waals surface area contributed by atoms with Crippen molar-refractivity contribution in [2.75, 3.05) is 0 Å². The molecule has 0 nitrogen and oxygen atoms in total. The number of rotatable bonds is 1. The van der Waals surface area contributed by atoms with Gasteiger partial charge in [0, 0.05) is 0 Å². The summed E-state index contributed by atoms with van der Waals surface area (Å²) in [5, 5.41) is 0. The van der Waals surface area contributed by atoms with Crippen LogP contribution in [-0.4, -0.2) is 0 Å². The van der Waals surface area contributed by atoms with Gasteiger partial charge >= 0.3 is 18.9 Å². The van der Waals surface area contributed by atoms with Crippen molar-refractivity contribution in [3.8, 4) is 0 Å². The van der Waals surface area contributed by atoms with Crippen LogP contribution in [0.5, 0.6) is 0 Å². The summed E-state index contributed by atoms with van der Waals surface area (Å²) < 4.78 is 0. The van der Waals surface area contributed by atoms with Gasteiger partial charge in [0.05, 0.1) is 0 Å². The summed E-state index contributed by atoms with van der Waals surface area (Å²) in [6.07, 6.45) is 9.59. The first kappa shape index (κ1) is 9.60. The third-order valence-corrected chi connectivity index (χ3v) is 2.05. The Morgan fingerprint density at radius 1 is 1.44 bits per heavy atom. The molecule has 0 heterocycles. The molecule has 0 spiro atoms. The van der Waals surface area contributed by atoms with E-state index in [-0.39, 0.29) is 18.9 Å². The molecule has 1 saturated carbocycles. The van der Waals surface area contributed by atoms with E-state index in [9.17, 15) is 0 Å². The van der Waals surface area contributed by atoms with Gasteiger partial charge in [-0.25, -0.2) is 0 Å². The van der Waals surface area contributed by atoms with Gasteiger partial charge in [0.1, 0.15) is 0 Å². The molecule has 1 aliphatic rings. The van der Waals surface area contributed by atoms with Gasteiger partial charge in [-0.2, -0.15) is 12.3 Å². The molecule has 9 heavy (non-hydrogen) atoms. The zero-order valence-electron chi connectivity index (χ0n) is 6.69. The standard InChI is InChI=1S/C8H15.Li/c1-2-8-6-4-3-5-7-8;/h6,8H,2-5,7H2,1H3;/q-1;+1. The van der Waals surface area contributed by atoms with E-state index in [0.29, 0.717) is 0 Å². The van der Waals surface area contributed by atoms with E-state index >= 15 is 0 Å². The van der Waals surface area contributed by atoms with Crippen molar-refractivity contribution >= 4 is 0 Å². The molecule has 0 aromatic carbocycles. The van der Waals surface area contributed by atoms with Crippen molar-refractivity contribution in [3.63, 3.8) is 0 Å². The third kappa shape index (κ3) is 3.33. The van der Waals surface area contributed by atoms with Crippen LogP contribution in [0.3, 0.4) is 0 Å². The number of hydrogen-bond donors (Lipinski definition) is 0. The Morgan fingerprint density at radius 2 is 2.22 bits per heavy atom. The smallest absolute Gasteiger partial charge is 0.325 e. The molecule has 1 heteroatoms. The Bertz CT molecular complexity index is 55.6. The first-order valence-corrected chi connectivity index (χ1v) is 3.77. The van der Waals surface area contributed by atoms with Crippen molar-refractivity contribution in [1.82, 2.24) is 0 Å². The Labute approximate surface area is 70.6 Å². The zero-order chi connectivity index (χ0) is 5.82. The quantitative estimate of drug-likeness (QED) is 0.330. The molecule has 48 valence electrons. The first-order chi connectivity index (χ1) is 3.93. The summed E-state index contributed by atoms with van der Waals surface area (Å²) >= 11 is 0. The largest absolute Gasteiger partial charge is 1.00 e. The molecule has 0 aromatic heterocycles. The number of hydrogen-bond acceptors (Lipinski definition) is 0. The Kier molecular flexibility index (Phi) is 5.75. The van der Waals surface area contributed by atoms with Crippen molar-refractivity contribution in [1.29, 1.82) is 0 Å². The molecule has 1 atom stereocenters. The van der Waals surface area contributed by atoms with E-state index in [1.165, 1.54) is 32.1 Å². The fourth-order valence-corrected chi connectivity index (χ4v) is 1.39. The van der Waals surface area contributed by atoms with Crippen LogP contribution in [0.1, 0.15) is 39.0 Å². The van der Waals surface area contributed by atoms with Crippen LogP contribution < -0.4 is 18.9 Å². The summed E-state index contributed by atoms with van der Waals surface area (Å²) in [6.45, 7) is 2.28. The maximum atomic E-state index is 2.49. The van der Waals surface area contributed by atoms with E-state index in [0.717, 1.165) is 5.92 Å². The second-order valence-electron chi connectivity index (χ2n) is 2.69. The molecule has 0 aromatic rings. The van der Waals surface area contributed by atoms with E-state index in [1.54, 1.807) is 0 Å². The van der Waals surface area contributed by atoms with Gasteiger partial charge in [0.15, 0.2) is 0 Å². The van der Waals surface area contributed by atoms with Gasteiger partial charge in [0.25, 0.3) is 0 Å². The molecule has 1 fully saturated rings. The van der Waals surface area contributed by atoms with Crippen LogP contribution in [0.25, 0.3) is 0 Å². The molecular formula is C8H15Li. The van der Waals surface area contributed by atoms with Gasteiger partial charge in [0.2, 0.25) is 0 Å². The van der Waals surface area contributed by atoms with Gasteiger partial charge in [-0.3, -0.25) is 0 Å². The summed E-state index contributed by atoms with van der Waals surface area (Å²) in [7, 11) is 0. The van der Waals surface area contributed by atoms with Crippen LogP contribution in [0, 0.1) is 12.3 Å². The van der Waals surface area contributed by atoms with Gasteiger partial charge in [-0.15, -0.1) is 0 Å². The average molecular weight is 118 g/mol. The maximum Gasteiger partial charge on any atom is 1.00 e. The first-order valence-electron chi connectivity index (χ1n) is 3.77. The van der Waals surface area contributed by atoms with Crippen LogP contribution in [-0.2, 0) is 0 Å². The summed E-state index contributed by atoms with van der Waals surface area (Å²) in [5.41, 5.74) is 0. The Morgan fingerprint density at radius 3 is 2.56 bits per heavy atom. The van der Waals surface area contributed by atoms with Crippen molar-refractivity contribution in [2.45, 2.75) is 39.0 Å². The Balaban J connectivity index is 0.000000640. The second-order valence-corrected chi connectivity index (χ2v) is 2.69. The van der Waals surface area contributed by atoms with Crippen molar-refractivity contribution < 1.29 is 18.9 Å². The second kappa shape index (κ2) is 5.39. The van der Waals surface area contributed by atoms with Crippen LogP contribution >= 0.6 is 0 Å². The predicted octanol–water partition coefficient (Wildman–Crippen LogP) is -0.205. The van der Waals surface area contributed by atoms with E-state index in [4.69, 9.17) is 0 Å². The van der Waals surface area contributed by atoms with Crippen LogP contribution in [0.4, 0.5) is 0 Å². The van der Waals surface area contributed by atoms with Crippen LogP contribution in [0.2, 0.25) is 0 Å². The summed E-state index contributed by atoms with van der Waals surface area (Å²) in [5.74, 6) is 0.962. The molecule has 1 aliphatic carbocycles. The molecule has 0 amide bonds. The van der Waals surface area contributed by atoms with E-state index in [2.05, 4.69) is 13.3 Å². The fourth-order valence-electron chi connectivity index (χ4n) is 1.39. The van der Waals surface area contributed by atoms with Gasteiger partial charge < -0.3 is 6.42 Å². The van der Waals surface area contributed by atoms with Crippen molar-refractivity contribution in [2.24, 2.45) is 5.92 Å². The molecule has 0 radical (unpaired) electrons. The van der Waals surface area contributed by atoms with Gasteiger partial charge in [-0.1, -0.05) is 32.6 Å². The summed E-state index contributed by atoms with van der Waals surface area (Å²) in [6, 6.07) is 0. The van der Waals surface area contributed by atoms with E-state index < -0.39 is 0 Å². The van der Waals surface area contributed by atoms with Crippen LogP contribution in [0.15, 0.2) is 0 Å². The minimum Gasteiger partial charge on any atom is -0.325 e. The molecule has 0 N–H and O–H groups in total. The minimum absolute atomic E-state index is 0. The molecular weight excluding hydrogens is 103 g/mol. The molecule has 0 aliphatic heterocycles. The average Bonchev–Trinajstić information content (AvgIpc) is 1.90. The monoisotopic (exact) mass is 118 g/mol. The predicted molar refractivity (Wildman–Crippen MR) is 36.5 cm³/mol. The summed E-state index contributed by atoms with van der Waals surface area (Å²) in [4.78, 5) is 0. The Hall–Kier alpha value is 0.597. The molecule has 1 unspecified atom stereocenters. The zero-order valence-corrected chi connectivity index (χ0v) is 6.69.